The largest absolute Gasteiger partial charge is 0.349 e. The van der Waals surface area contributed by atoms with Gasteiger partial charge in [0.2, 0.25) is 15.9 Å². The van der Waals surface area contributed by atoms with E-state index in [1.54, 1.807) is 0 Å². The summed E-state index contributed by atoms with van der Waals surface area (Å²) in [5.74, 6) is -1.00. The van der Waals surface area contributed by atoms with Gasteiger partial charge in [0.1, 0.15) is 5.82 Å². The van der Waals surface area contributed by atoms with Gasteiger partial charge in [-0.2, -0.15) is 4.31 Å². The van der Waals surface area contributed by atoms with Crippen LogP contribution in [-0.4, -0.2) is 31.7 Å². The molecule has 2 aliphatic rings. The van der Waals surface area contributed by atoms with E-state index in [0.29, 0.717) is 19.4 Å². The van der Waals surface area contributed by atoms with Gasteiger partial charge in [0.25, 0.3) is 0 Å². The van der Waals surface area contributed by atoms with Gasteiger partial charge in [-0.05, 0) is 80.0 Å². The van der Waals surface area contributed by atoms with Crippen molar-refractivity contribution in [2.75, 3.05) is 13.1 Å². The van der Waals surface area contributed by atoms with Gasteiger partial charge in [-0.3, -0.25) is 4.79 Å². The molecule has 5 nitrogen and oxygen atoms in total. The summed E-state index contributed by atoms with van der Waals surface area (Å²) in [5.41, 5.74) is 3.84. The van der Waals surface area contributed by atoms with Crippen molar-refractivity contribution in [3.05, 3.63) is 65.0 Å². The number of nitrogens with zero attached hydrogens (tertiary/aromatic N) is 1. The Labute approximate surface area is 177 Å². The molecule has 2 aromatic rings. The van der Waals surface area contributed by atoms with Crippen LogP contribution in [0.15, 0.2) is 47.4 Å². The zero-order chi connectivity index (χ0) is 21.3. The number of halogens is 1. The summed E-state index contributed by atoms with van der Waals surface area (Å²) in [6.45, 7) is 2.47. The van der Waals surface area contributed by atoms with Crippen molar-refractivity contribution in [2.24, 2.45) is 5.92 Å². The van der Waals surface area contributed by atoms with Crippen molar-refractivity contribution in [3.63, 3.8) is 0 Å². The van der Waals surface area contributed by atoms with Crippen LogP contribution in [0, 0.1) is 11.7 Å². The molecule has 1 saturated heterocycles. The lowest BCUT2D eigenvalue weighted by Crippen LogP contribution is -2.45. The molecule has 2 aromatic carbocycles. The maximum Gasteiger partial charge on any atom is 0.243 e. The van der Waals surface area contributed by atoms with Crippen LogP contribution in [-0.2, 0) is 27.7 Å². The summed E-state index contributed by atoms with van der Waals surface area (Å²) in [6, 6.07) is 11.1. The summed E-state index contributed by atoms with van der Waals surface area (Å²) in [6.07, 6.45) is 4.66. The number of hydrogen-bond donors (Lipinski definition) is 1. The highest BCUT2D eigenvalue weighted by Crippen LogP contribution is 2.27. The summed E-state index contributed by atoms with van der Waals surface area (Å²) >= 11 is 0. The zero-order valence-corrected chi connectivity index (χ0v) is 17.9. The lowest BCUT2D eigenvalue weighted by molar-refractivity contribution is -0.126. The molecule has 1 aliphatic carbocycles. The number of rotatable bonds is 5. The summed E-state index contributed by atoms with van der Waals surface area (Å²) in [5, 5.41) is 3.07. The quantitative estimate of drug-likeness (QED) is 0.788. The molecule has 1 fully saturated rings. The third-order valence-electron chi connectivity index (χ3n) is 6.19. The monoisotopic (exact) mass is 430 g/mol. The van der Waals surface area contributed by atoms with Crippen LogP contribution in [0.4, 0.5) is 4.39 Å². The number of aryl methyl sites for hydroxylation is 2. The van der Waals surface area contributed by atoms with E-state index in [1.807, 2.05) is 6.92 Å². The second kappa shape index (κ2) is 8.47. The normalized spacial score (nSPS) is 20.5. The summed E-state index contributed by atoms with van der Waals surface area (Å²) in [7, 11) is -3.75. The molecule has 7 heteroatoms. The molecule has 0 bridgehead atoms. The highest BCUT2D eigenvalue weighted by Gasteiger charge is 2.33. The number of fused-ring (bicyclic) bond motifs is 1. The number of nitrogens with one attached hydrogen (secondary N) is 1. The maximum absolute atomic E-state index is 13.2. The first-order chi connectivity index (χ1) is 14.3. The van der Waals surface area contributed by atoms with Crippen LogP contribution in [0.3, 0.4) is 0 Å². The number of carbonyl (C=O) groups excluding carboxylic acids is 1. The Morgan fingerprint density at radius 1 is 1.10 bits per heavy atom. The van der Waals surface area contributed by atoms with Crippen LogP contribution in [0.2, 0.25) is 0 Å². The number of sulfonamides is 1. The van der Waals surface area contributed by atoms with Gasteiger partial charge in [0.05, 0.1) is 16.9 Å². The number of carbonyl (C=O) groups is 1. The zero-order valence-electron chi connectivity index (χ0n) is 17.1. The minimum absolute atomic E-state index is 0.0523. The van der Waals surface area contributed by atoms with E-state index in [9.17, 15) is 17.6 Å². The van der Waals surface area contributed by atoms with Gasteiger partial charge in [-0.1, -0.05) is 18.2 Å². The number of benzene rings is 2. The van der Waals surface area contributed by atoms with Crippen molar-refractivity contribution >= 4 is 15.9 Å². The molecule has 160 valence electrons. The van der Waals surface area contributed by atoms with E-state index >= 15 is 0 Å². The van der Waals surface area contributed by atoms with Crippen LogP contribution >= 0.6 is 0 Å². The predicted octanol–water partition coefficient (Wildman–Crippen LogP) is 3.59. The van der Waals surface area contributed by atoms with Crippen LogP contribution in [0.5, 0.6) is 0 Å². The lowest BCUT2D eigenvalue weighted by Gasteiger charge is -2.32. The fraction of sp³-hybridized carbons (Fsp3) is 0.435. The molecule has 1 heterocycles. The molecule has 1 amide bonds. The Hall–Kier alpha value is -2.25. The van der Waals surface area contributed by atoms with Gasteiger partial charge < -0.3 is 5.32 Å². The third kappa shape index (κ3) is 4.27. The minimum Gasteiger partial charge on any atom is -0.349 e. The third-order valence-corrected chi connectivity index (χ3v) is 8.07. The first-order valence-corrected chi connectivity index (χ1v) is 12.0. The summed E-state index contributed by atoms with van der Waals surface area (Å²) < 4.78 is 40.3. The van der Waals surface area contributed by atoms with Crippen LogP contribution < -0.4 is 5.32 Å². The molecule has 4 rings (SSSR count). The molecule has 1 N–H and O–H groups in total. The molecule has 30 heavy (non-hydrogen) atoms. The fourth-order valence-corrected chi connectivity index (χ4v) is 5.93. The Kier molecular flexibility index (Phi) is 5.93. The first-order valence-electron chi connectivity index (χ1n) is 10.5. The number of amides is 1. The predicted molar refractivity (Wildman–Crippen MR) is 113 cm³/mol. The molecule has 0 unspecified atom stereocenters. The first kappa shape index (κ1) is 21.0. The van der Waals surface area contributed by atoms with Gasteiger partial charge in [0.15, 0.2) is 0 Å². The molecule has 2 atom stereocenters. The van der Waals surface area contributed by atoms with Crippen molar-refractivity contribution in [1.82, 2.24) is 9.62 Å². The van der Waals surface area contributed by atoms with Crippen molar-refractivity contribution in [3.8, 4) is 0 Å². The van der Waals surface area contributed by atoms with Crippen LogP contribution in [0.1, 0.15) is 48.9 Å². The summed E-state index contributed by atoms with van der Waals surface area (Å²) in [4.78, 5) is 12.9. The van der Waals surface area contributed by atoms with Gasteiger partial charge in [-0.25, -0.2) is 12.8 Å². The topological polar surface area (TPSA) is 66.5 Å². The molecule has 0 saturated carbocycles. The Bertz CT molecular complexity index is 1040. The van der Waals surface area contributed by atoms with Crippen molar-refractivity contribution in [1.29, 1.82) is 0 Å². The molecule has 1 aliphatic heterocycles. The van der Waals surface area contributed by atoms with Gasteiger partial charge in [-0.15, -0.1) is 0 Å². The Morgan fingerprint density at radius 2 is 1.83 bits per heavy atom. The smallest absolute Gasteiger partial charge is 0.243 e. The van der Waals surface area contributed by atoms with E-state index < -0.39 is 21.8 Å². The maximum atomic E-state index is 13.2. The van der Waals surface area contributed by atoms with E-state index in [4.69, 9.17) is 0 Å². The average Bonchev–Trinajstić information content (AvgIpc) is 3.22. The fourth-order valence-electron chi connectivity index (χ4n) is 4.41. The second-order valence-corrected chi connectivity index (χ2v) is 10.2. The van der Waals surface area contributed by atoms with Crippen molar-refractivity contribution < 1.29 is 17.6 Å². The standard InChI is InChI=1S/C23H27FN2O3S/c1-16(18-8-7-17-4-2-5-19(17)14-18)25-23(27)20-6-3-13-26(15-20)30(28,29)22-11-9-21(24)10-12-22/h7-12,14,16,20H,2-6,13,15H2,1H3,(H,25,27)/t16-,20-/m1/s1. The molecular weight excluding hydrogens is 403 g/mol. The molecular formula is C23H27FN2O3S. The van der Waals surface area contributed by atoms with E-state index in [0.717, 1.165) is 30.5 Å². The average molecular weight is 431 g/mol. The minimum atomic E-state index is -3.75. The van der Waals surface area contributed by atoms with Gasteiger partial charge in [0, 0.05) is 13.1 Å². The molecule has 0 radical (unpaired) electrons. The lowest BCUT2D eigenvalue weighted by atomic mass is 9.97. The highest BCUT2D eigenvalue weighted by atomic mass is 32.2. The highest BCUT2D eigenvalue weighted by molar-refractivity contribution is 7.89. The number of hydrogen-bond acceptors (Lipinski definition) is 3. The van der Waals surface area contributed by atoms with Crippen molar-refractivity contribution in [2.45, 2.75) is 50.0 Å². The number of piperidine rings is 1. The van der Waals surface area contributed by atoms with E-state index in [-0.39, 0.29) is 23.4 Å². The van der Waals surface area contributed by atoms with E-state index in [1.165, 1.54) is 34.0 Å². The van der Waals surface area contributed by atoms with Crippen LogP contribution in [0.25, 0.3) is 0 Å². The second-order valence-electron chi connectivity index (χ2n) is 8.27. The SMILES string of the molecule is C[C@@H](NC(=O)[C@@H]1CCCN(S(=O)(=O)c2ccc(F)cc2)C1)c1ccc2c(c1)CCC2. The Balaban J connectivity index is 1.42. The van der Waals surface area contributed by atoms with E-state index in [2.05, 4.69) is 23.5 Å². The molecule has 0 aromatic heterocycles. The molecule has 0 spiro atoms. The Morgan fingerprint density at radius 3 is 2.60 bits per heavy atom. The van der Waals surface area contributed by atoms with Gasteiger partial charge >= 0.3 is 0 Å².